The fourth-order valence-corrected chi connectivity index (χ4v) is 1.59. The van der Waals surface area contributed by atoms with E-state index >= 15 is 0 Å². The highest BCUT2D eigenvalue weighted by Gasteiger charge is 2.12. The molecule has 0 heterocycles. The Bertz CT molecular complexity index is 312. The molecule has 0 aliphatic heterocycles. The lowest BCUT2D eigenvalue weighted by atomic mass is 9.98. The minimum absolute atomic E-state index is 0.172. The molecular weight excluding hydrogens is 266 g/mol. The Morgan fingerprint density at radius 1 is 1.43 bits per heavy atom. The van der Waals surface area contributed by atoms with E-state index in [0.717, 1.165) is 0 Å². The first kappa shape index (κ1) is 12.0. The normalized spacial score (nSPS) is 15.2. The third-order valence-corrected chi connectivity index (χ3v) is 3.47. The molecule has 0 radical (unpaired) electrons. The van der Waals surface area contributed by atoms with E-state index in [9.17, 15) is 4.39 Å². The molecule has 0 aliphatic carbocycles. The number of hydrogen-bond donors (Lipinski definition) is 0. The van der Waals surface area contributed by atoms with Crippen molar-refractivity contribution in [2.45, 2.75) is 25.1 Å². The summed E-state index contributed by atoms with van der Waals surface area (Å²) in [4.78, 5) is 0.376. The van der Waals surface area contributed by atoms with Gasteiger partial charge < -0.3 is 0 Å². The highest BCUT2D eigenvalue weighted by Crippen LogP contribution is 2.21. The van der Waals surface area contributed by atoms with Gasteiger partial charge in [0.2, 0.25) is 0 Å². The zero-order valence-electron chi connectivity index (χ0n) is 8.23. The van der Waals surface area contributed by atoms with Crippen LogP contribution < -0.4 is 0 Å². The first-order valence-corrected chi connectivity index (χ1v) is 5.88. The van der Waals surface area contributed by atoms with Crippen molar-refractivity contribution in [3.05, 3.63) is 34.6 Å². The van der Waals surface area contributed by atoms with Crippen molar-refractivity contribution >= 4 is 27.5 Å². The fraction of sp³-hybridized carbons (Fsp3) is 0.455. The summed E-state index contributed by atoms with van der Waals surface area (Å²) in [5.74, 6) is 0.220. The molecule has 0 aliphatic rings. The number of halogens is 3. The number of benzene rings is 1. The molecule has 3 heteroatoms. The van der Waals surface area contributed by atoms with Crippen molar-refractivity contribution in [1.29, 1.82) is 0 Å². The second-order valence-corrected chi connectivity index (χ2v) is 5.48. The summed E-state index contributed by atoms with van der Waals surface area (Å²) in [7, 11) is 0. The third kappa shape index (κ3) is 3.25. The van der Waals surface area contributed by atoms with Gasteiger partial charge in [0.15, 0.2) is 0 Å². The summed E-state index contributed by atoms with van der Waals surface area (Å²) >= 11 is 9.29. The summed E-state index contributed by atoms with van der Waals surface area (Å²) in [5, 5.41) is 0.593. The van der Waals surface area contributed by atoms with Crippen LogP contribution in [0.4, 0.5) is 4.39 Å². The third-order valence-electron chi connectivity index (χ3n) is 2.33. The number of alkyl halides is 1. The maximum atomic E-state index is 13.3. The van der Waals surface area contributed by atoms with Gasteiger partial charge in [-0.15, -0.1) is 0 Å². The van der Waals surface area contributed by atoms with Crippen molar-refractivity contribution in [3.63, 3.8) is 0 Å². The van der Waals surface area contributed by atoms with Crippen LogP contribution in [0, 0.1) is 11.7 Å². The smallest absolute Gasteiger partial charge is 0.126 e. The van der Waals surface area contributed by atoms with Crippen molar-refractivity contribution in [2.75, 3.05) is 0 Å². The minimum Gasteiger partial charge on any atom is -0.207 e. The molecule has 0 N–H and O–H groups in total. The lowest BCUT2D eigenvalue weighted by Crippen LogP contribution is -2.10. The van der Waals surface area contributed by atoms with Gasteiger partial charge in [0, 0.05) is 9.85 Å². The Labute approximate surface area is 97.6 Å². The monoisotopic (exact) mass is 278 g/mol. The average Bonchev–Trinajstić information content (AvgIpc) is 2.11. The van der Waals surface area contributed by atoms with E-state index in [1.165, 1.54) is 6.07 Å². The van der Waals surface area contributed by atoms with Crippen molar-refractivity contribution in [1.82, 2.24) is 0 Å². The molecule has 0 nitrogen and oxygen atoms in total. The Morgan fingerprint density at radius 3 is 2.64 bits per heavy atom. The highest BCUT2D eigenvalue weighted by molar-refractivity contribution is 9.09. The molecule has 2 atom stereocenters. The number of hydrogen-bond acceptors (Lipinski definition) is 0. The van der Waals surface area contributed by atoms with Crippen molar-refractivity contribution < 1.29 is 4.39 Å². The van der Waals surface area contributed by atoms with Gasteiger partial charge in [-0.2, -0.15) is 0 Å². The molecule has 1 rings (SSSR count). The lowest BCUT2D eigenvalue weighted by Gasteiger charge is -2.14. The summed E-state index contributed by atoms with van der Waals surface area (Å²) < 4.78 is 13.3. The highest BCUT2D eigenvalue weighted by atomic mass is 79.9. The molecule has 2 unspecified atom stereocenters. The second-order valence-electron chi connectivity index (χ2n) is 3.59. The maximum Gasteiger partial charge on any atom is 0.126 e. The van der Waals surface area contributed by atoms with E-state index in [2.05, 4.69) is 29.8 Å². The predicted molar refractivity (Wildman–Crippen MR) is 62.7 cm³/mol. The van der Waals surface area contributed by atoms with E-state index in [4.69, 9.17) is 11.6 Å². The molecule has 0 amide bonds. The van der Waals surface area contributed by atoms with Crippen molar-refractivity contribution in [2.24, 2.45) is 5.92 Å². The van der Waals surface area contributed by atoms with Crippen molar-refractivity contribution in [3.8, 4) is 0 Å². The van der Waals surface area contributed by atoms with Gasteiger partial charge in [-0.05, 0) is 36.1 Å². The standard InChI is InChI=1S/C11H13BrClF/c1-7(8(2)12)5-9-6-10(13)3-4-11(9)14/h3-4,6-8H,5H2,1-2H3. The summed E-state index contributed by atoms with van der Waals surface area (Å²) in [6.45, 7) is 4.15. The summed E-state index contributed by atoms with van der Waals surface area (Å²) in [6, 6.07) is 4.69. The van der Waals surface area contributed by atoms with Gasteiger partial charge >= 0.3 is 0 Å². The quantitative estimate of drug-likeness (QED) is 0.718. The molecule has 1 aromatic rings. The average molecular weight is 280 g/mol. The van der Waals surface area contributed by atoms with E-state index in [0.29, 0.717) is 27.8 Å². The zero-order chi connectivity index (χ0) is 10.7. The molecule has 14 heavy (non-hydrogen) atoms. The molecule has 0 fully saturated rings. The van der Waals surface area contributed by atoms with Crippen LogP contribution in [0.25, 0.3) is 0 Å². The molecule has 0 saturated heterocycles. The Balaban J connectivity index is 2.80. The van der Waals surface area contributed by atoms with Crippen LogP contribution in [0.5, 0.6) is 0 Å². The van der Waals surface area contributed by atoms with Gasteiger partial charge in [-0.1, -0.05) is 41.4 Å². The minimum atomic E-state index is -0.172. The second kappa shape index (κ2) is 5.13. The van der Waals surface area contributed by atoms with Crippen LogP contribution in [-0.4, -0.2) is 4.83 Å². The Hall–Kier alpha value is -0.0800. The van der Waals surface area contributed by atoms with Gasteiger partial charge in [-0.25, -0.2) is 4.39 Å². The van der Waals surface area contributed by atoms with Crippen LogP contribution >= 0.6 is 27.5 Å². The van der Waals surface area contributed by atoms with Crippen LogP contribution in [0.3, 0.4) is 0 Å². The Morgan fingerprint density at radius 2 is 2.07 bits per heavy atom. The predicted octanol–water partition coefficient (Wildman–Crippen LogP) is 4.44. The first-order chi connectivity index (χ1) is 6.50. The van der Waals surface area contributed by atoms with E-state index in [1.807, 2.05) is 0 Å². The fourth-order valence-electron chi connectivity index (χ4n) is 1.21. The molecule has 0 aromatic heterocycles. The summed E-state index contributed by atoms with van der Waals surface area (Å²) in [6.07, 6.45) is 0.707. The maximum absolute atomic E-state index is 13.3. The topological polar surface area (TPSA) is 0 Å². The molecule has 1 aromatic carbocycles. The SMILES string of the molecule is CC(Br)C(C)Cc1cc(Cl)ccc1F. The van der Waals surface area contributed by atoms with Gasteiger partial charge in [-0.3, -0.25) is 0 Å². The molecule has 0 bridgehead atoms. The van der Waals surface area contributed by atoms with E-state index in [1.54, 1.807) is 12.1 Å². The first-order valence-electron chi connectivity index (χ1n) is 4.58. The zero-order valence-corrected chi connectivity index (χ0v) is 10.6. The molecule has 0 saturated carbocycles. The van der Waals surface area contributed by atoms with Gasteiger partial charge in [0.05, 0.1) is 0 Å². The Kier molecular flexibility index (Phi) is 4.39. The van der Waals surface area contributed by atoms with Gasteiger partial charge in [0.25, 0.3) is 0 Å². The summed E-state index contributed by atoms with van der Waals surface area (Å²) in [5.41, 5.74) is 0.691. The van der Waals surface area contributed by atoms with Crippen LogP contribution in [0.2, 0.25) is 5.02 Å². The number of rotatable bonds is 3. The van der Waals surface area contributed by atoms with E-state index in [-0.39, 0.29) is 5.82 Å². The largest absolute Gasteiger partial charge is 0.207 e. The van der Waals surface area contributed by atoms with Gasteiger partial charge in [0.1, 0.15) is 5.82 Å². The molecule has 78 valence electrons. The van der Waals surface area contributed by atoms with Crippen LogP contribution in [0.1, 0.15) is 19.4 Å². The molecular formula is C11H13BrClF. The van der Waals surface area contributed by atoms with Crippen LogP contribution in [-0.2, 0) is 6.42 Å². The molecule has 0 spiro atoms. The van der Waals surface area contributed by atoms with Crippen LogP contribution in [0.15, 0.2) is 18.2 Å². The van der Waals surface area contributed by atoms with E-state index < -0.39 is 0 Å². The lowest BCUT2D eigenvalue weighted by molar-refractivity contribution is 0.545.